The Bertz CT molecular complexity index is 725. The third kappa shape index (κ3) is 3.21. The molecule has 0 spiro atoms. The van der Waals surface area contributed by atoms with Crippen LogP contribution in [0.25, 0.3) is 0 Å². The van der Waals surface area contributed by atoms with E-state index in [2.05, 4.69) is 5.32 Å². The molecule has 1 amide bonds. The predicted octanol–water partition coefficient (Wildman–Crippen LogP) is 3.12. The van der Waals surface area contributed by atoms with Gasteiger partial charge in [0.1, 0.15) is 5.92 Å². The van der Waals surface area contributed by atoms with Crippen LogP contribution in [0.4, 0.5) is 5.69 Å². The van der Waals surface area contributed by atoms with Crippen molar-refractivity contribution in [1.29, 1.82) is 5.26 Å². The van der Waals surface area contributed by atoms with E-state index in [9.17, 15) is 14.9 Å². The number of para-hydroxylation sites is 1. The number of aryl methyl sites for hydroxylation is 2. The second-order valence-corrected chi connectivity index (χ2v) is 5.06. The number of benzene rings is 2. The first kappa shape index (κ1) is 15.5. The number of anilines is 1. The van der Waals surface area contributed by atoms with Gasteiger partial charge in [-0.2, -0.15) is 5.26 Å². The molecule has 2 aromatic carbocycles. The zero-order valence-electron chi connectivity index (χ0n) is 12.5. The first-order valence-corrected chi connectivity index (χ1v) is 6.90. The van der Waals surface area contributed by atoms with Crippen LogP contribution >= 0.6 is 0 Å². The van der Waals surface area contributed by atoms with E-state index in [0.717, 1.165) is 11.1 Å². The van der Waals surface area contributed by atoms with Gasteiger partial charge in [0.25, 0.3) is 5.91 Å². The molecule has 0 fully saturated rings. The molecule has 0 bridgehead atoms. The average Bonchev–Trinajstić information content (AvgIpc) is 2.52. The topological polar surface area (TPSA) is 70.0 Å². The van der Waals surface area contributed by atoms with Crippen molar-refractivity contribution in [2.24, 2.45) is 0 Å². The Balaban J connectivity index is 2.22. The lowest BCUT2D eigenvalue weighted by Crippen LogP contribution is -2.28. The Morgan fingerprint density at radius 2 is 1.59 bits per heavy atom. The second-order valence-electron chi connectivity index (χ2n) is 5.06. The Kier molecular flexibility index (Phi) is 4.70. The van der Waals surface area contributed by atoms with Crippen molar-refractivity contribution < 1.29 is 9.59 Å². The zero-order valence-corrected chi connectivity index (χ0v) is 12.5. The maximum absolute atomic E-state index is 12.3. The van der Waals surface area contributed by atoms with Gasteiger partial charge >= 0.3 is 0 Å². The Hall–Kier alpha value is -2.93. The highest BCUT2D eigenvalue weighted by Crippen LogP contribution is 2.21. The molecule has 110 valence electrons. The quantitative estimate of drug-likeness (QED) is 0.880. The summed E-state index contributed by atoms with van der Waals surface area (Å²) in [5, 5.41) is 11.8. The number of Topliss-reactive ketones (excluding diaryl/α,β-unsaturated/α-hetero) is 1. The number of nitrogens with zero attached hydrogens (tertiary/aromatic N) is 1. The fourth-order valence-corrected chi connectivity index (χ4v) is 2.25. The first-order valence-electron chi connectivity index (χ1n) is 6.90. The molecule has 2 rings (SSSR count). The third-order valence-corrected chi connectivity index (χ3v) is 3.47. The highest BCUT2D eigenvalue weighted by atomic mass is 16.2. The number of carbonyl (C=O) groups excluding carboxylic acids is 2. The summed E-state index contributed by atoms with van der Waals surface area (Å²) in [6, 6.07) is 16.1. The van der Waals surface area contributed by atoms with Crippen LogP contribution in [-0.4, -0.2) is 11.7 Å². The van der Waals surface area contributed by atoms with Gasteiger partial charge in [0.05, 0.1) is 6.07 Å². The third-order valence-electron chi connectivity index (χ3n) is 3.47. The largest absolute Gasteiger partial charge is 0.319 e. The summed E-state index contributed by atoms with van der Waals surface area (Å²) >= 11 is 0. The molecule has 4 nitrogen and oxygen atoms in total. The number of nitrogens with one attached hydrogen (secondary N) is 1. The summed E-state index contributed by atoms with van der Waals surface area (Å²) in [7, 11) is 0. The first-order chi connectivity index (χ1) is 10.5. The highest BCUT2D eigenvalue weighted by molar-refractivity contribution is 6.43. The van der Waals surface area contributed by atoms with Crippen molar-refractivity contribution in [3.05, 3.63) is 65.2 Å². The van der Waals surface area contributed by atoms with Gasteiger partial charge in [0, 0.05) is 5.69 Å². The molecule has 0 aromatic heterocycles. The lowest BCUT2D eigenvalue weighted by atomic mass is 9.95. The van der Waals surface area contributed by atoms with Gasteiger partial charge in [-0.25, -0.2) is 0 Å². The molecule has 0 saturated heterocycles. The molecule has 2 aromatic rings. The van der Waals surface area contributed by atoms with Gasteiger partial charge in [0.15, 0.2) is 0 Å². The highest BCUT2D eigenvalue weighted by Gasteiger charge is 2.27. The van der Waals surface area contributed by atoms with Crippen LogP contribution in [0.2, 0.25) is 0 Å². The van der Waals surface area contributed by atoms with Gasteiger partial charge in [-0.15, -0.1) is 0 Å². The van der Waals surface area contributed by atoms with Gasteiger partial charge in [-0.3, -0.25) is 9.59 Å². The molecule has 0 aliphatic heterocycles. The molecule has 0 radical (unpaired) electrons. The number of ketones is 1. The maximum Gasteiger partial charge on any atom is 0.293 e. The number of hydrogen-bond acceptors (Lipinski definition) is 3. The van der Waals surface area contributed by atoms with Crippen molar-refractivity contribution in [1.82, 2.24) is 0 Å². The van der Waals surface area contributed by atoms with E-state index in [4.69, 9.17) is 0 Å². The molecule has 0 unspecified atom stereocenters. The Morgan fingerprint density at radius 1 is 1.00 bits per heavy atom. The minimum absolute atomic E-state index is 0.520. The molecular weight excluding hydrogens is 276 g/mol. The SMILES string of the molecule is Cc1cccc(C)c1NC(=O)C(=O)[C@H](C#N)c1ccccc1. The summed E-state index contributed by atoms with van der Waals surface area (Å²) in [6.45, 7) is 3.71. The van der Waals surface area contributed by atoms with E-state index in [0.29, 0.717) is 11.3 Å². The average molecular weight is 292 g/mol. The standard InChI is InChI=1S/C18H16N2O2/c1-12-7-6-8-13(2)16(12)20-18(22)17(21)15(11-19)14-9-4-3-5-10-14/h3-10,15H,1-2H3,(H,20,22)/t15-/m1/s1. The minimum atomic E-state index is -1.09. The summed E-state index contributed by atoms with van der Waals surface area (Å²) < 4.78 is 0. The van der Waals surface area contributed by atoms with E-state index in [1.807, 2.05) is 38.1 Å². The molecular formula is C18H16N2O2. The zero-order chi connectivity index (χ0) is 16.1. The van der Waals surface area contributed by atoms with Crippen LogP contribution in [0.15, 0.2) is 48.5 Å². The van der Waals surface area contributed by atoms with Crippen LogP contribution in [0, 0.1) is 25.2 Å². The van der Waals surface area contributed by atoms with E-state index in [1.54, 1.807) is 30.3 Å². The van der Waals surface area contributed by atoms with Gasteiger partial charge in [0.2, 0.25) is 5.78 Å². The molecule has 4 heteroatoms. The van der Waals surface area contributed by atoms with Gasteiger partial charge in [-0.1, -0.05) is 48.5 Å². The summed E-state index contributed by atoms with van der Waals surface area (Å²) in [5.74, 6) is -2.62. The van der Waals surface area contributed by atoms with Crippen molar-refractivity contribution in [2.75, 3.05) is 5.32 Å². The summed E-state index contributed by atoms with van der Waals surface area (Å²) in [5.41, 5.74) is 2.88. The number of carbonyl (C=O) groups is 2. The molecule has 22 heavy (non-hydrogen) atoms. The fraction of sp³-hybridized carbons (Fsp3) is 0.167. The number of hydrogen-bond donors (Lipinski definition) is 1. The summed E-state index contributed by atoms with van der Waals surface area (Å²) in [6.07, 6.45) is 0. The molecule has 1 N–H and O–H groups in total. The van der Waals surface area contributed by atoms with Crippen LogP contribution < -0.4 is 5.32 Å². The molecule has 0 heterocycles. The van der Waals surface area contributed by atoms with Crippen molar-refractivity contribution in [3.8, 4) is 6.07 Å². The molecule has 0 aliphatic carbocycles. The minimum Gasteiger partial charge on any atom is -0.319 e. The van der Waals surface area contributed by atoms with E-state index < -0.39 is 17.6 Å². The lowest BCUT2D eigenvalue weighted by molar-refractivity contribution is -0.135. The van der Waals surface area contributed by atoms with E-state index >= 15 is 0 Å². The van der Waals surface area contributed by atoms with Crippen LogP contribution in [0.3, 0.4) is 0 Å². The molecule has 0 aliphatic rings. The van der Waals surface area contributed by atoms with Crippen LogP contribution in [0.5, 0.6) is 0 Å². The molecule has 1 atom stereocenters. The van der Waals surface area contributed by atoms with Crippen LogP contribution in [0.1, 0.15) is 22.6 Å². The van der Waals surface area contributed by atoms with E-state index in [1.165, 1.54) is 0 Å². The van der Waals surface area contributed by atoms with Gasteiger partial charge < -0.3 is 5.32 Å². The smallest absolute Gasteiger partial charge is 0.293 e. The number of amides is 1. The lowest BCUT2D eigenvalue weighted by Gasteiger charge is -2.12. The monoisotopic (exact) mass is 292 g/mol. The number of rotatable bonds is 4. The Morgan fingerprint density at radius 3 is 2.14 bits per heavy atom. The summed E-state index contributed by atoms with van der Waals surface area (Å²) in [4.78, 5) is 24.4. The normalized spacial score (nSPS) is 11.3. The second kappa shape index (κ2) is 6.68. The van der Waals surface area contributed by atoms with E-state index in [-0.39, 0.29) is 0 Å². The maximum atomic E-state index is 12.3. The van der Waals surface area contributed by atoms with Crippen molar-refractivity contribution >= 4 is 17.4 Å². The molecule has 0 saturated carbocycles. The van der Waals surface area contributed by atoms with Crippen molar-refractivity contribution in [3.63, 3.8) is 0 Å². The van der Waals surface area contributed by atoms with Crippen molar-refractivity contribution in [2.45, 2.75) is 19.8 Å². The van der Waals surface area contributed by atoms with Gasteiger partial charge in [-0.05, 0) is 30.5 Å². The fourth-order valence-electron chi connectivity index (χ4n) is 2.25. The number of nitriles is 1. The van der Waals surface area contributed by atoms with Crippen LogP contribution in [-0.2, 0) is 9.59 Å². The Labute approximate surface area is 129 Å². The predicted molar refractivity (Wildman–Crippen MR) is 84.3 cm³/mol.